The van der Waals surface area contributed by atoms with Gasteiger partial charge in [0.15, 0.2) is 0 Å². The van der Waals surface area contributed by atoms with Gasteiger partial charge in [0.25, 0.3) is 5.56 Å². The molecule has 3 rings (SSSR count). The number of anilines is 2. The molecule has 92 valence electrons. The highest BCUT2D eigenvalue weighted by Crippen LogP contribution is 2.19. The van der Waals surface area contributed by atoms with E-state index in [0.717, 1.165) is 36.2 Å². The molecular formula is C14H15N3O. The molecule has 1 heterocycles. The van der Waals surface area contributed by atoms with Crippen molar-refractivity contribution in [1.29, 1.82) is 0 Å². The predicted molar refractivity (Wildman–Crippen MR) is 71.3 cm³/mol. The number of aromatic nitrogens is 2. The average Bonchev–Trinajstić information content (AvgIpc) is 2.77. The molecule has 1 aliphatic carbocycles. The third-order valence-corrected chi connectivity index (χ3v) is 3.22. The average molecular weight is 241 g/mol. The van der Waals surface area contributed by atoms with E-state index >= 15 is 0 Å². The van der Waals surface area contributed by atoms with Gasteiger partial charge in [0.05, 0.1) is 5.69 Å². The Bertz CT molecular complexity index is 646. The van der Waals surface area contributed by atoms with Gasteiger partial charge in [-0.25, -0.2) is 4.98 Å². The summed E-state index contributed by atoms with van der Waals surface area (Å²) in [5, 5.41) is 3.15. The van der Waals surface area contributed by atoms with Crippen LogP contribution in [0.1, 0.15) is 23.2 Å². The number of hydrogen-bond acceptors (Lipinski definition) is 3. The molecule has 2 N–H and O–H groups in total. The summed E-state index contributed by atoms with van der Waals surface area (Å²) in [4.78, 5) is 19.1. The van der Waals surface area contributed by atoms with E-state index in [1.54, 1.807) is 0 Å². The Labute approximate surface area is 105 Å². The molecule has 18 heavy (non-hydrogen) atoms. The number of nitrogens with one attached hydrogen (secondary N) is 2. The van der Waals surface area contributed by atoms with E-state index in [2.05, 4.69) is 15.3 Å². The molecule has 0 unspecified atom stereocenters. The normalized spacial score (nSPS) is 13.4. The lowest BCUT2D eigenvalue weighted by atomic mass is 10.2. The Morgan fingerprint density at radius 1 is 1.33 bits per heavy atom. The van der Waals surface area contributed by atoms with E-state index in [0.29, 0.717) is 5.95 Å². The smallest absolute Gasteiger partial charge is 0.255 e. The fourth-order valence-corrected chi connectivity index (χ4v) is 2.36. The van der Waals surface area contributed by atoms with Crippen molar-refractivity contribution in [3.63, 3.8) is 0 Å². The SMILES string of the molecule is Cc1cccc(Nc2nc3c(c(=O)[nH]2)CCC3)c1. The maximum atomic E-state index is 11.9. The van der Waals surface area contributed by atoms with Crippen LogP contribution in [0.4, 0.5) is 11.6 Å². The molecule has 0 amide bonds. The van der Waals surface area contributed by atoms with Gasteiger partial charge < -0.3 is 5.32 Å². The number of fused-ring (bicyclic) bond motifs is 1. The van der Waals surface area contributed by atoms with Gasteiger partial charge in [-0.05, 0) is 43.9 Å². The van der Waals surface area contributed by atoms with Crippen molar-refractivity contribution < 1.29 is 0 Å². The highest BCUT2D eigenvalue weighted by Gasteiger charge is 2.16. The molecule has 0 radical (unpaired) electrons. The molecule has 4 nitrogen and oxygen atoms in total. The zero-order valence-electron chi connectivity index (χ0n) is 10.3. The van der Waals surface area contributed by atoms with E-state index in [1.807, 2.05) is 31.2 Å². The van der Waals surface area contributed by atoms with Crippen LogP contribution in [-0.4, -0.2) is 9.97 Å². The van der Waals surface area contributed by atoms with Crippen LogP contribution < -0.4 is 10.9 Å². The zero-order valence-corrected chi connectivity index (χ0v) is 10.3. The lowest BCUT2D eigenvalue weighted by molar-refractivity contribution is 0.899. The van der Waals surface area contributed by atoms with Crippen molar-refractivity contribution in [3.8, 4) is 0 Å². The number of hydrogen-bond donors (Lipinski definition) is 2. The van der Waals surface area contributed by atoms with E-state index in [4.69, 9.17) is 0 Å². The fourth-order valence-electron chi connectivity index (χ4n) is 2.36. The highest BCUT2D eigenvalue weighted by molar-refractivity contribution is 5.54. The Morgan fingerprint density at radius 3 is 3.06 bits per heavy atom. The number of H-pyrrole nitrogens is 1. The zero-order chi connectivity index (χ0) is 12.5. The molecule has 0 saturated carbocycles. The Kier molecular flexibility index (Phi) is 2.63. The van der Waals surface area contributed by atoms with Gasteiger partial charge in [-0.3, -0.25) is 9.78 Å². The summed E-state index contributed by atoms with van der Waals surface area (Å²) < 4.78 is 0. The first-order valence-electron chi connectivity index (χ1n) is 6.18. The minimum atomic E-state index is -0.00680. The Hall–Kier alpha value is -2.10. The van der Waals surface area contributed by atoms with Crippen LogP contribution >= 0.6 is 0 Å². The van der Waals surface area contributed by atoms with Crippen molar-refractivity contribution in [2.24, 2.45) is 0 Å². The predicted octanol–water partition coefficient (Wildman–Crippen LogP) is 2.31. The third-order valence-electron chi connectivity index (χ3n) is 3.22. The van der Waals surface area contributed by atoms with Crippen molar-refractivity contribution >= 4 is 11.6 Å². The molecule has 0 saturated heterocycles. The first-order chi connectivity index (χ1) is 8.72. The van der Waals surface area contributed by atoms with Gasteiger partial charge in [-0.1, -0.05) is 12.1 Å². The highest BCUT2D eigenvalue weighted by atomic mass is 16.1. The van der Waals surface area contributed by atoms with Gasteiger partial charge in [0.1, 0.15) is 0 Å². The molecule has 1 aromatic heterocycles. The van der Waals surface area contributed by atoms with Crippen molar-refractivity contribution in [2.75, 3.05) is 5.32 Å². The minimum Gasteiger partial charge on any atom is -0.326 e. The second-order valence-electron chi connectivity index (χ2n) is 4.69. The number of aryl methyl sites for hydroxylation is 2. The topological polar surface area (TPSA) is 57.8 Å². The maximum Gasteiger partial charge on any atom is 0.255 e. The third kappa shape index (κ3) is 2.01. The van der Waals surface area contributed by atoms with E-state index in [9.17, 15) is 4.79 Å². The fraction of sp³-hybridized carbons (Fsp3) is 0.286. The molecule has 4 heteroatoms. The molecule has 0 atom stereocenters. The van der Waals surface area contributed by atoms with Crippen LogP contribution in [0.25, 0.3) is 0 Å². The summed E-state index contributed by atoms with van der Waals surface area (Å²) >= 11 is 0. The molecule has 0 aliphatic heterocycles. The molecule has 0 bridgehead atoms. The maximum absolute atomic E-state index is 11.9. The summed E-state index contributed by atoms with van der Waals surface area (Å²) in [5.74, 6) is 0.534. The molecule has 0 fully saturated rings. The summed E-state index contributed by atoms with van der Waals surface area (Å²) in [6.45, 7) is 2.03. The lowest BCUT2D eigenvalue weighted by Crippen LogP contribution is -2.16. The van der Waals surface area contributed by atoms with Gasteiger partial charge in [0.2, 0.25) is 5.95 Å². The minimum absolute atomic E-state index is 0.00680. The number of aromatic amines is 1. The second-order valence-corrected chi connectivity index (χ2v) is 4.69. The van der Waals surface area contributed by atoms with Crippen LogP contribution in [-0.2, 0) is 12.8 Å². The quantitative estimate of drug-likeness (QED) is 0.848. The van der Waals surface area contributed by atoms with E-state index < -0.39 is 0 Å². The summed E-state index contributed by atoms with van der Waals surface area (Å²) in [6.07, 6.45) is 2.78. The van der Waals surface area contributed by atoms with Crippen LogP contribution in [0, 0.1) is 6.92 Å². The van der Waals surface area contributed by atoms with E-state index in [1.165, 1.54) is 5.56 Å². The largest absolute Gasteiger partial charge is 0.326 e. The monoisotopic (exact) mass is 241 g/mol. The van der Waals surface area contributed by atoms with Crippen LogP contribution in [0.5, 0.6) is 0 Å². The number of nitrogens with zero attached hydrogens (tertiary/aromatic N) is 1. The van der Waals surface area contributed by atoms with Gasteiger partial charge >= 0.3 is 0 Å². The molecule has 1 aromatic carbocycles. The van der Waals surface area contributed by atoms with Gasteiger partial charge in [0, 0.05) is 11.3 Å². The van der Waals surface area contributed by atoms with Gasteiger partial charge in [-0.15, -0.1) is 0 Å². The number of benzene rings is 1. The molecule has 1 aliphatic rings. The van der Waals surface area contributed by atoms with Crippen LogP contribution in [0.3, 0.4) is 0 Å². The molecule has 0 spiro atoms. The second kappa shape index (κ2) is 4.29. The summed E-state index contributed by atoms with van der Waals surface area (Å²) in [6, 6.07) is 7.99. The standard InChI is InChI=1S/C14H15N3O/c1-9-4-2-5-10(8-9)15-14-16-12-7-3-6-11(12)13(18)17-14/h2,4-5,8H,3,6-7H2,1H3,(H2,15,16,17,18). The lowest BCUT2D eigenvalue weighted by Gasteiger charge is -2.07. The molecule has 2 aromatic rings. The number of rotatable bonds is 2. The van der Waals surface area contributed by atoms with Gasteiger partial charge in [-0.2, -0.15) is 0 Å². The van der Waals surface area contributed by atoms with Crippen LogP contribution in [0.2, 0.25) is 0 Å². The first-order valence-corrected chi connectivity index (χ1v) is 6.18. The molecular weight excluding hydrogens is 226 g/mol. The first kappa shape index (κ1) is 11.0. The van der Waals surface area contributed by atoms with Crippen molar-refractivity contribution in [1.82, 2.24) is 9.97 Å². The van der Waals surface area contributed by atoms with Crippen molar-refractivity contribution in [3.05, 3.63) is 51.4 Å². The summed E-state index contributed by atoms with van der Waals surface area (Å²) in [5.41, 5.74) is 3.89. The van der Waals surface area contributed by atoms with E-state index in [-0.39, 0.29) is 5.56 Å². The Balaban J connectivity index is 1.94. The summed E-state index contributed by atoms with van der Waals surface area (Å²) in [7, 11) is 0. The van der Waals surface area contributed by atoms with Crippen LogP contribution in [0.15, 0.2) is 29.1 Å². The van der Waals surface area contributed by atoms with Crippen molar-refractivity contribution in [2.45, 2.75) is 26.2 Å². The Morgan fingerprint density at radius 2 is 2.22 bits per heavy atom.